The molecule has 0 amide bonds. The summed E-state index contributed by atoms with van der Waals surface area (Å²) < 4.78 is 5.50. The Labute approximate surface area is 95.3 Å². The topological polar surface area (TPSA) is 38.1 Å². The van der Waals surface area contributed by atoms with E-state index in [-0.39, 0.29) is 0 Å². The third-order valence-electron chi connectivity index (χ3n) is 2.03. The summed E-state index contributed by atoms with van der Waals surface area (Å²) in [6.45, 7) is 11.5. The Morgan fingerprint density at radius 2 is 2.33 bits per heavy atom. The van der Waals surface area contributed by atoms with Gasteiger partial charge < -0.3 is 9.73 Å². The van der Waals surface area contributed by atoms with Crippen LogP contribution in [-0.2, 0) is 0 Å². The van der Waals surface area contributed by atoms with Crippen LogP contribution < -0.4 is 5.32 Å². The van der Waals surface area contributed by atoms with Crippen molar-refractivity contribution in [1.82, 2.24) is 10.3 Å². The van der Waals surface area contributed by atoms with Crippen molar-refractivity contribution in [3.05, 3.63) is 24.1 Å². The van der Waals surface area contributed by atoms with E-state index < -0.39 is 0 Å². The van der Waals surface area contributed by atoms with Gasteiger partial charge >= 0.3 is 0 Å². The second-order valence-corrected chi connectivity index (χ2v) is 4.89. The molecule has 0 aromatic carbocycles. The van der Waals surface area contributed by atoms with Gasteiger partial charge in [0, 0.05) is 18.3 Å². The van der Waals surface area contributed by atoms with Crippen molar-refractivity contribution in [1.29, 1.82) is 0 Å². The molecule has 1 aromatic rings. The third kappa shape index (κ3) is 4.10. The zero-order valence-corrected chi connectivity index (χ0v) is 10.4. The van der Waals surface area contributed by atoms with Crippen LogP contribution in [0.3, 0.4) is 0 Å². The zero-order chi connectivity index (χ0) is 11.3. The number of nitrogens with one attached hydrogen (secondary N) is 1. The van der Waals surface area contributed by atoms with E-state index in [0.717, 1.165) is 29.8 Å². The summed E-state index contributed by atoms with van der Waals surface area (Å²) in [6, 6.07) is 0. The summed E-state index contributed by atoms with van der Waals surface area (Å²) in [5, 5.41) is 4.48. The highest BCUT2D eigenvalue weighted by atomic mass is 32.2. The van der Waals surface area contributed by atoms with Crippen LogP contribution in [-0.4, -0.2) is 23.3 Å². The van der Waals surface area contributed by atoms with Crippen molar-refractivity contribution in [3.8, 4) is 0 Å². The van der Waals surface area contributed by atoms with Crippen LogP contribution in [0, 0.1) is 13.8 Å². The smallest absolute Gasteiger partial charge is 0.256 e. The monoisotopic (exact) mass is 226 g/mol. The standard InChI is InChI=1S/C11H18N2OS/c1-5-6-12-7-8(2)15-11-13-9(3)10(4)14-11/h5,8,12H,1,6-7H2,2-4H3. The quantitative estimate of drug-likeness (QED) is 0.459. The van der Waals surface area contributed by atoms with Gasteiger partial charge in [-0.3, -0.25) is 0 Å². The minimum absolute atomic E-state index is 0.447. The van der Waals surface area contributed by atoms with Crippen LogP contribution in [0.5, 0.6) is 0 Å². The SMILES string of the molecule is C=CCNCC(C)Sc1nc(C)c(C)o1. The van der Waals surface area contributed by atoms with Gasteiger partial charge in [-0.2, -0.15) is 0 Å². The second kappa shape index (κ2) is 5.98. The molecule has 0 saturated heterocycles. The van der Waals surface area contributed by atoms with Crippen LogP contribution in [0.15, 0.2) is 22.3 Å². The molecule has 1 N–H and O–H groups in total. The van der Waals surface area contributed by atoms with E-state index in [9.17, 15) is 0 Å². The Kier molecular flexibility index (Phi) is 4.91. The van der Waals surface area contributed by atoms with E-state index >= 15 is 0 Å². The minimum Gasteiger partial charge on any atom is -0.437 e. The molecular formula is C11H18N2OS. The van der Waals surface area contributed by atoms with Crippen LogP contribution in [0.2, 0.25) is 0 Å². The Morgan fingerprint density at radius 3 is 2.87 bits per heavy atom. The number of hydrogen-bond acceptors (Lipinski definition) is 4. The largest absolute Gasteiger partial charge is 0.437 e. The average Bonchev–Trinajstić information content (AvgIpc) is 2.46. The second-order valence-electron chi connectivity index (χ2n) is 3.50. The Hall–Kier alpha value is -0.740. The van der Waals surface area contributed by atoms with Gasteiger partial charge in [-0.15, -0.1) is 6.58 Å². The molecule has 1 heterocycles. The van der Waals surface area contributed by atoms with E-state index in [0.29, 0.717) is 5.25 Å². The molecule has 0 radical (unpaired) electrons. The van der Waals surface area contributed by atoms with Gasteiger partial charge in [0.1, 0.15) is 5.76 Å². The first-order chi connectivity index (χ1) is 7.13. The van der Waals surface area contributed by atoms with Gasteiger partial charge in [0.05, 0.1) is 5.69 Å². The maximum Gasteiger partial charge on any atom is 0.256 e. The minimum atomic E-state index is 0.447. The van der Waals surface area contributed by atoms with E-state index in [4.69, 9.17) is 4.42 Å². The number of oxazole rings is 1. The number of aryl methyl sites for hydroxylation is 2. The van der Waals surface area contributed by atoms with E-state index in [1.807, 2.05) is 19.9 Å². The Morgan fingerprint density at radius 1 is 1.60 bits per heavy atom. The highest BCUT2D eigenvalue weighted by Crippen LogP contribution is 2.23. The first-order valence-electron chi connectivity index (χ1n) is 5.05. The van der Waals surface area contributed by atoms with E-state index in [2.05, 4.69) is 23.8 Å². The number of nitrogens with zero attached hydrogens (tertiary/aromatic N) is 1. The molecule has 4 heteroatoms. The summed E-state index contributed by atoms with van der Waals surface area (Å²) >= 11 is 1.65. The van der Waals surface area contributed by atoms with Crippen molar-refractivity contribution < 1.29 is 4.42 Å². The van der Waals surface area contributed by atoms with Crippen molar-refractivity contribution in [2.75, 3.05) is 13.1 Å². The molecule has 0 spiro atoms. The van der Waals surface area contributed by atoms with Crippen molar-refractivity contribution in [2.24, 2.45) is 0 Å². The molecule has 0 aliphatic carbocycles. The first kappa shape index (κ1) is 12.3. The summed E-state index contributed by atoms with van der Waals surface area (Å²) in [4.78, 5) is 4.33. The molecule has 0 fully saturated rings. The summed E-state index contributed by atoms with van der Waals surface area (Å²) in [7, 11) is 0. The molecule has 1 aromatic heterocycles. The van der Waals surface area contributed by atoms with Gasteiger partial charge in [-0.1, -0.05) is 24.8 Å². The third-order valence-corrected chi connectivity index (χ3v) is 2.98. The van der Waals surface area contributed by atoms with Gasteiger partial charge in [-0.05, 0) is 13.8 Å². The molecule has 0 saturated carbocycles. The maximum atomic E-state index is 5.50. The molecule has 0 aliphatic rings. The number of aromatic nitrogens is 1. The highest BCUT2D eigenvalue weighted by molar-refractivity contribution is 7.99. The predicted molar refractivity (Wildman–Crippen MR) is 64.4 cm³/mol. The van der Waals surface area contributed by atoms with Crippen molar-refractivity contribution in [3.63, 3.8) is 0 Å². The van der Waals surface area contributed by atoms with E-state index in [1.165, 1.54) is 0 Å². The fourth-order valence-electron chi connectivity index (χ4n) is 1.10. The number of thioether (sulfide) groups is 1. The highest BCUT2D eigenvalue weighted by Gasteiger charge is 2.10. The van der Waals surface area contributed by atoms with Gasteiger partial charge in [0.25, 0.3) is 5.22 Å². The van der Waals surface area contributed by atoms with E-state index in [1.54, 1.807) is 11.8 Å². The molecule has 0 bridgehead atoms. The van der Waals surface area contributed by atoms with Crippen molar-refractivity contribution in [2.45, 2.75) is 31.2 Å². The predicted octanol–water partition coefficient (Wildman–Crippen LogP) is 2.55. The molecule has 3 nitrogen and oxygen atoms in total. The lowest BCUT2D eigenvalue weighted by atomic mass is 10.4. The lowest BCUT2D eigenvalue weighted by molar-refractivity contribution is 0.430. The fourth-order valence-corrected chi connectivity index (χ4v) is 2.00. The molecule has 1 rings (SSSR count). The Bertz CT molecular complexity index is 303. The Balaban J connectivity index is 2.37. The molecule has 84 valence electrons. The number of rotatable bonds is 6. The summed E-state index contributed by atoms with van der Waals surface area (Å²) in [6.07, 6.45) is 1.86. The zero-order valence-electron chi connectivity index (χ0n) is 9.54. The molecule has 1 atom stereocenters. The average molecular weight is 226 g/mol. The fraction of sp³-hybridized carbons (Fsp3) is 0.545. The van der Waals surface area contributed by atoms with Crippen LogP contribution in [0.25, 0.3) is 0 Å². The van der Waals surface area contributed by atoms with Gasteiger partial charge in [-0.25, -0.2) is 4.98 Å². The van der Waals surface area contributed by atoms with Crippen molar-refractivity contribution >= 4 is 11.8 Å². The maximum absolute atomic E-state index is 5.50. The van der Waals surface area contributed by atoms with Gasteiger partial charge in [0.2, 0.25) is 0 Å². The molecular weight excluding hydrogens is 208 g/mol. The number of hydrogen-bond donors (Lipinski definition) is 1. The summed E-state index contributed by atoms with van der Waals surface area (Å²) in [5.41, 5.74) is 0.976. The summed E-state index contributed by atoms with van der Waals surface area (Å²) in [5.74, 6) is 0.906. The molecule has 1 unspecified atom stereocenters. The first-order valence-corrected chi connectivity index (χ1v) is 5.93. The van der Waals surface area contributed by atoms with Crippen LogP contribution >= 0.6 is 11.8 Å². The molecule has 15 heavy (non-hydrogen) atoms. The normalized spacial score (nSPS) is 12.7. The lowest BCUT2D eigenvalue weighted by Crippen LogP contribution is -2.22. The lowest BCUT2D eigenvalue weighted by Gasteiger charge is -2.08. The van der Waals surface area contributed by atoms with Crippen LogP contribution in [0.4, 0.5) is 0 Å². The van der Waals surface area contributed by atoms with Gasteiger partial charge in [0.15, 0.2) is 0 Å². The van der Waals surface area contributed by atoms with Crippen LogP contribution in [0.1, 0.15) is 18.4 Å². The molecule has 0 aliphatic heterocycles.